The number of rotatable bonds is 3. The Morgan fingerprint density at radius 2 is 1.76 bits per heavy atom. The van der Waals surface area contributed by atoms with Gasteiger partial charge in [0.2, 0.25) is 0 Å². The predicted molar refractivity (Wildman–Crippen MR) is 121 cm³/mol. The van der Waals surface area contributed by atoms with Crippen molar-refractivity contribution in [2.75, 3.05) is 11.4 Å². The number of hydrogen-bond acceptors (Lipinski definition) is 2. The zero-order valence-corrected chi connectivity index (χ0v) is 17.0. The van der Waals surface area contributed by atoms with Gasteiger partial charge in [0.1, 0.15) is 6.29 Å². The van der Waals surface area contributed by atoms with E-state index in [4.69, 9.17) is 0 Å². The minimum Gasteiger partial charge on any atom is -0.341 e. The summed E-state index contributed by atoms with van der Waals surface area (Å²) < 4.78 is 0. The van der Waals surface area contributed by atoms with Crippen molar-refractivity contribution < 1.29 is 4.79 Å². The van der Waals surface area contributed by atoms with Crippen molar-refractivity contribution in [2.24, 2.45) is 0 Å². The molecule has 0 saturated heterocycles. The molecule has 144 valence electrons. The number of hydrogen-bond donors (Lipinski definition) is 0. The summed E-state index contributed by atoms with van der Waals surface area (Å²) in [6.07, 6.45) is 6.48. The van der Waals surface area contributed by atoms with Gasteiger partial charge in [0.25, 0.3) is 0 Å². The van der Waals surface area contributed by atoms with E-state index in [1.54, 1.807) is 6.08 Å². The maximum absolute atomic E-state index is 10.6. The molecule has 1 aliphatic carbocycles. The lowest BCUT2D eigenvalue weighted by molar-refractivity contribution is -0.104. The topological polar surface area (TPSA) is 20.3 Å². The predicted octanol–water partition coefficient (Wildman–Crippen LogP) is 6.29. The molecule has 0 N–H and O–H groups in total. The molecular formula is C27H25NO. The van der Waals surface area contributed by atoms with Gasteiger partial charge in [-0.3, -0.25) is 4.79 Å². The SMILES string of the molecule is CC1(C)c2ccccc2-c2ccc(N3CCCc4cc(/C=C/C=O)ccc43)cc21. The maximum atomic E-state index is 10.6. The van der Waals surface area contributed by atoms with Gasteiger partial charge in [-0.2, -0.15) is 0 Å². The van der Waals surface area contributed by atoms with Gasteiger partial charge in [0.15, 0.2) is 0 Å². The van der Waals surface area contributed by atoms with E-state index >= 15 is 0 Å². The van der Waals surface area contributed by atoms with E-state index in [9.17, 15) is 4.79 Å². The Hall–Kier alpha value is -3.13. The first-order chi connectivity index (χ1) is 14.1. The van der Waals surface area contributed by atoms with E-state index < -0.39 is 0 Å². The molecule has 0 amide bonds. The molecule has 0 atom stereocenters. The number of carbonyl (C=O) groups excluding carboxylic acids is 1. The molecule has 5 rings (SSSR count). The number of carbonyl (C=O) groups is 1. The van der Waals surface area contributed by atoms with E-state index in [0.717, 1.165) is 31.2 Å². The number of fused-ring (bicyclic) bond motifs is 4. The van der Waals surface area contributed by atoms with Crippen LogP contribution in [0.25, 0.3) is 17.2 Å². The average Bonchev–Trinajstić information content (AvgIpc) is 2.98. The maximum Gasteiger partial charge on any atom is 0.142 e. The van der Waals surface area contributed by atoms with Crippen LogP contribution in [0.15, 0.2) is 66.7 Å². The standard InChI is InChI=1S/C27H25NO/c1-27(2)24-10-4-3-9-22(24)23-13-12-21(18-25(23)27)28-15-5-8-20-17-19(7-6-16-29)11-14-26(20)28/h3-4,6-7,9-14,16-18H,5,8,15H2,1-2H3/b7-6+. The van der Waals surface area contributed by atoms with Crippen LogP contribution in [0.5, 0.6) is 0 Å². The van der Waals surface area contributed by atoms with Crippen LogP contribution >= 0.6 is 0 Å². The van der Waals surface area contributed by atoms with E-state index in [2.05, 4.69) is 79.4 Å². The van der Waals surface area contributed by atoms with Crippen LogP contribution < -0.4 is 4.90 Å². The second-order valence-electron chi connectivity index (χ2n) is 8.54. The lowest BCUT2D eigenvalue weighted by Gasteiger charge is -2.33. The lowest BCUT2D eigenvalue weighted by atomic mass is 9.82. The monoisotopic (exact) mass is 379 g/mol. The highest BCUT2D eigenvalue weighted by atomic mass is 16.1. The minimum atomic E-state index is 0.0179. The Morgan fingerprint density at radius 3 is 2.62 bits per heavy atom. The minimum absolute atomic E-state index is 0.0179. The molecule has 2 nitrogen and oxygen atoms in total. The van der Waals surface area contributed by atoms with Crippen LogP contribution in [-0.2, 0) is 16.6 Å². The fraction of sp³-hybridized carbons (Fsp3) is 0.222. The van der Waals surface area contributed by atoms with E-state index in [0.29, 0.717) is 0 Å². The summed E-state index contributed by atoms with van der Waals surface area (Å²) >= 11 is 0. The highest BCUT2D eigenvalue weighted by Gasteiger charge is 2.35. The molecule has 2 aliphatic rings. The summed E-state index contributed by atoms with van der Waals surface area (Å²) in [7, 11) is 0. The van der Waals surface area contributed by atoms with Gasteiger partial charge in [-0.25, -0.2) is 0 Å². The normalized spacial score (nSPS) is 16.4. The molecule has 0 unspecified atom stereocenters. The van der Waals surface area contributed by atoms with Crippen LogP contribution in [0.2, 0.25) is 0 Å². The number of benzene rings is 3. The highest BCUT2D eigenvalue weighted by Crippen LogP contribution is 2.50. The molecule has 0 fully saturated rings. The summed E-state index contributed by atoms with van der Waals surface area (Å²) in [5.74, 6) is 0. The van der Waals surface area contributed by atoms with Gasteiger partial charge in [0, 0.05) is 23.3 Å². The van der Waals surface area contributed by atoms with Crippen LogP contribution in [0.1, 0.15) is 42.5 Å². The molecule has 0 bridgehead atoms. The Morgan fingerprint density at radius 1 is 0.931 bits per heavy atom. The Balaban J connectivity index is 1.57. The molecule has 1 aliphatic heterocycles. The van der Waals surface area contributed by atoms with Crippen LogP contribution in [0, 0.1) is 0 Å². The summed E-state index contributed by atoms with van der Waals surface area (Å²) in [5, 5.41) is 0. The molecule has 0 radical (unpaired) electrons. The highest BCUT2D eigenvalue weighted by molar-refractivity contribution is 5.84. The zero-order valence-electron chi connectivity index (χ0n) is 17.0. The van der Waals surface area contributed by atoms with Gasteiger partial charge in [-0.05, 0) is 76.6 Å². The van der Waals surface area contributed by atoms with Gasteiger partial charge in [-0.15, -0.1) is 0 Å². The smallest absolute Gasteiger partial charge is 0.142 e. The van der Waals surface area contributed by atoms with Crippen molar-refractivity contribution >= 4 is 23.7 Å². The first kappa shape index (κ1) is 17.9. The average molecular weight is 380 g/mol. The van der Waals surface area contributed by atoms with Crippen LogP contribution in [0.4, 0.5) is 11.4 Å². The van der Waals surface area contributed by atoms with E-state index in [1.165, 1.54) is 39.2 Å². The summed E-state index contributed by atoms with van der Waals surface area (Å²) in [6.45, 7) is 5.69. The second kappa shape index (κ2) is 6.73. The van der Waals surface area contributed by atoms with Crippen molar-refractivity contribution in [3.8, 4) is 11.1 Å². The third-order valence-corrected chi connectivity index (χ3v) is 6.47. The fourth-order valence-electron chi connectivity index (χ4n) is 5.00. The Bertz CT molecular complexity index is 1140. The first-order valence-corrected chi connectivity index (χ1v) is 10.4. The third-order valence-electron chi connectivity index (χ3n) is 6.47. The van der Waals surface area contributed by atoms with Crippen molar-refractivity contribution in [1.29, 1.82) is 0 Å². The summed E-state index contributed by atoms with van der Waals surface area (Å²) in [5.41, 5.74) is 10.6. The Labute approximate surface area is 172 Å². The molecular weight excluding hydrogens is 354 g/mol. The number of anilines is 2. The third kappa shape index (κ3) is 2.82. The fourth-order valence-corrected chi connectivity index (χ4v) is 5.00. The molecule has 2 heteroatoms. The second-order valence-corrected chi connectivity index (χ2v) is 8.54. The lowest BCUT2D eigenvalue weighted by Crippen LogP contribution is -2.25. The number of nitrogens with zero attached hydrogens (tertiary/aromatic N) is 1. The van der Waals surface area contributed by atoms with Crippen molar-refractivity contribution in [3.63, 3.8) is 0 Å². The quantitative estimate of drug-likeness (QED) is 0.394. The molecule has 3 aromatic carbocycles. The molecule has 0 spiro atoms. The molecule has 29 heavy (non-hydrogen) atoms. The van der Waals surface area contributed by atoms with Gasteiger partial charge in [0.05, 0.1) is 0 Å². The van der Waals surface area contributed by atoms with E-state index in [-0.39, 0.29) is 5.41 Å². The summed E-state index contributed by atoms with van der Waals surface area (Å²) in [6, 6.07) is 22.3. The van der Waals surface area contributed by atoms with Gasteiger partial charge < -0.3 is 4.90 Å². The first-order valence-electron chi connectivity index (χ1n) is 10.4. The number of aryl methyl sites for hydroxylation is 1. The van der Waals surface area contributed by atoms with Gasteiger partial charge >= 0.3 is 0 Å². The molecule has 1 heterocycles. The zero-order chi connectivity index (χ0) is 20.0. The molecule has 0 saturated carbocycles. The number of aldehydes is 1. The molecule has 0 aromatic heterocycles. The van der Waals surface area contributed by atoms with Gasteiger partial charge in [-0.1, -0.05) is 56.3 Å². The van der Waals surface area contributed by atoms with Crippen molar-refractivity contribution in [3.05, 3.63) is 89.0 Å². The van der Waals surface area contributed by atoms with E-state index in [1.807, 2.05) is 6.08 Å². The largest absolute Gasteiger partial charge is 0.341 e. The Kier molecular flexibility index (Phi) is 4.16. The summed E-state index contributed by atoms with van der Waals surface area (Å²) in [4.78, 5) is 13.1. The van der Waals surface area contributed by atoms with Crippen molar-refractivity contribution in [1.82, 2.24) is 0 Å². The molecule has 3 aromatic rings. The van der Waals surface area contributed by atoms with Crippen LogP contribution in [0.3, 0.4) is 0 Å². The van der Waals surface area contributed by atoms with Crippen LogP contribution in [-0.4, -0.2) is 12.8 Å². The number of allylic oxidation sites excluding steroid dienone is 1. The van der Waals surface area contributed by atoms with Crippen molar-refractivity contribution in [2.45, 2.75) is 32.1 Å².